The molecule has 2 N–H and O–H groups in total. The molecule has 0 aromatic carbocycles. The van der Waals surface area contributed by atoms with Crippen molar-refractivity contribution in [3.63, 3.8) is 0 Å². The summed E-state index contributed by atoms with van der Waals surface area (Å²) in [4.78, 5) is 10.7. The van der Waals surface area contributed by atoms with Gasteiger partial charge in [-0.3, -0.25) is 0 Å². The monoisotopic (exact) mass is 236 g/mol. The van der Waals surface area contributed by atoms with E-state index in [2.05, 4.69) is 21.8 Å². The molecule has 0 radical (unpaired) electrons. The van der Waals surface area contributed by atoms with Crippen LogP contribution < -0.4 is 10.6 Å². The van der Waals surface area contributed by atoms with Gasteiger partial charge in [0.2, 0.25) is 5.95 Å². The van der Waals surface area contributed by atoms with Crippen molar-refractivity contribution in [2.75, 3.05) is 30.3 Å². The number of hydrogen-bond acceptors (Lipinski definition) is 5. The molecule has 17 heavy (non-hydrogen) atoms. The number of anilines is 2. The van der Waals surface area contributed by atoms with Gasteiger partial charge in [0, 0.05) is 19.7 Å². The molecule has 1 aromatic heterocycles. The molecule has 5 nitrogen and oxygen atoms in total. The third-order valence-electron chi connectivity index (χ3n) is 2.88. The topological polar surface area (TPSA) is 64.3 Å². The van der Waals surface area contributed by atoms with E-state index in [0.29, 0.717) is 11.8 Å². The first-order valence-electron chi connectivity index (χ1n) is 6.23. The van der Waals surface area contributed by atoms with Crippen LogP contribution in [-0.2, 0) is 4.74 Å². The minimum absolute atomic E-state index is 0.310. The van der Waals surface area contributed by atoms with Crippen molar-refractivity contribution < 1.29 is 4.74 Å². The van der Waals surface area contributed by atoms with Gasteiger partial charge < -0.3 is 15.4 Å². The summed E-state index contributed by atoms with van der Waals surface area (Å²) < 4.78 is 5.79. The number of rotatable bonds is 4. The van der Waals surface area contributed by atoms with E-state index < -0.39 is 0 Å². The summed E-state index contributed by atoms with van der Waals surface area (Å²) in [6, 6.07) is 0. The fraction of sp³-hybridized carbons (Fsp3) is 0.667. The zero-order valence-electron chi connectivity index (χ0n) is 10.3. The maximum Gasteiger partial charge on any atom is 0.225 e. The first kappa shape index (κ1) is 12.1. The van der Waals surface area contributed by atoms with E-state index in [-0.39, 0.29) is 0 Å². The fourth-order valence-corrected chi connectivity index (χ4v) is 2.03. The molecule has 0 amide bonds. The van der Waals surface area contributed by atoms with Crippen LogP contribution in [0.15, 0.2) is 12.4 Å². The first-order chi connectivity index (χ1) is 8.29. The highest BCUT2D eigenvalue weighted by Crippen LogP contribution is 2.18. The molecule has 1 fully saturated rings. The zero-order chi connectivity index (χ0) is 12.1. The van der Waals surface area contributed by atoms with Crippen molar-refractivity contribution in [1.82, 2.24) is 9.97 Å². The molecule has 1 atom stereocenters. The molecule has 1 aromatic rings. The maximum absolute atomic E-state index is 5.79. The summed E-state index contributed by atoms with van der Waals surface area (Å²) >= 11 is 0. The lowest BCUT2D eigenvalue weighted by Crippen LogP contribution is -2.40. The molecule has 0 saturated carbocycles. The SMILES string of the molecule is CCCOC1CCCN(c2ncc(N)cn2)C1. The largest absolute Gasteiger partial charge is 0.396 e. The lowest BCUT2D eigenvalue weighted by atomic mass is 10.1. The molecule has 2 rings (SSSR count). The van der Waals surface area contributed by atoms with Gasteiger partial charge in [0.1, 0.15) is 0 Å². The highest BCUT2D eigenvalue weighted by Gasteiger charge is 2.21. The Hall–Kier alpha value is -1.36. The van der Waals surface area contributed by atoms with E-state index in [9.17, 15) is 0 Å². The van der Waals surface area contributed by atoms with Crippen LogP contribution >= 0.6 is 0 Å². The van der Waals surface area contributed by atoms with Gasteiger partial charge in [0.25, 0.3) is 0 Å². The van der Waals surface area contributed by atoms with Crippen LogP contribution in [0.25, 0.3) is 0 Å². The number of nitrogen functional groups attached to an aromatic ring is 1. The van der Waals surface area contributed by atoms with Gasteiger partial charge in [0.15, 0.2) is 0 Å². The minimum Gasteiger partial charge on any atom is -0.396 e. The van der Waals surface area contributed by atoms with Crippen molar-refractivity contribution in [2.45, 2.75) is 32.3 Å². The Morgan fingerprint density at radius 2 is 2.24 bits per heavy atom. The smallest absolute Gasteiger partial charge is 0.225 e. The lowest BCUT2D eigenvalue weighted by molar-refractivity contribution is 0.0437. The normalized spacial score (nSPS) is 20.5. The molecule has 1 saturated heterocycles. The van der Waals surface area contributed by atoms with Crippen molar-refractivity contribution in [1.29, 1.82) is 0 Å². The standard InChI is InChI=1S/C12H20N4O/c1-2-6-17-11-4-3-5-16(9-11)12-14-7-10(13)8-15-12/h7-8,11H,2-6,9,13H2,1H3. The Kier molecular flexibility index (Phi) is 4.14. The number of ether oxygens (including phenoxy) is 1. The third-order valence-corrected chi connectivity index (χ3v) is 2.88. The molecular weight excluding hydrogens is 216 g/mol. The molecule has 5 heteroatoms. The molecule has 1 aliphatic heterocycles. The first-order valence-corrected chi connectivity index (χ1v) is 6.23. The highest BCUT2D eigenvalue weighted by atomic mass is 16.5. The van der Waals surface area contributed by atoms with E-state index in [1.807, 2.05) is 0 Å². The summed E-state index contributed by atoms with van der Waals surface area (Å²) in [6.07, 6.45) is 6.94. The molecule has 2 heterocycles. The average Bonchev–Trinajstić information content (AvgIpc) is 2.37. The van der Waals surface area contributed by atoms with Crippen molar-refractivity contribution in [2.24, 2.45) is 0 Å². The van der Waals surface area contributed by atoms with Gasteiger partial charge >= 0.3 is 0 Å². The predicted molar refractivity (Wildman–Crippen MR) is 67.9 cm³/mol. The van der Waals surface area contributed by atoms with E-state index in [1.165, 1.54) is 0 Å². The number of hydrogen-bond donors (Lipinski definition) is 1. The Morgan fingerprint density at radius 1 is 1.47 bits per heavy atom. The third kappa shape index (κ3) is 3.30. The summed E-state index contributed by atoms with van der Waals surface area (Å²) in [5.41, 5.74) is 6.18. The second-order valence-electron chi connectivity index (χ2n) is 4.40. The molecule has 1 aliphatic rings. The predicted octanol–water partition coefficient (Wildman–Crippen LogP) is 1.45. The maximum atomic E-state index is 5.79. The van der Waals surface area contributed by atoms with Crippen LogP contribution in [0, 0.1) is 0 Å². The average molecular weight is 236 g/mol. The summed E-state index contributed by atoms with van der Waals surface area (Å²) in [5.74, 6) is 0.754. The second-order valence-corrected chi connectivity index (χ2v) is 4.40. The van der Waals surface area contributed by atoms with Crippen LogP contribution in [0.4, 0.5) is 11.6 Å². The van der Waals surface area contributed by atoms with Crippen LogP contribution in [0.3, 0.4) is 0 Å². The van der Waals surface area contributed by atoms with Crippen LogP contribution in [-0.4, -0.2) is 35.8 Å². The zero-order valence-corrected chi connectivity index (χ0v) is 10.3. The minimum atomic E-state index is 0.310. The van der Waals surface area contributed by atoms with Gasteiger partial charge in [-0.15, -0.1) is 0 Å². The number of nitrogens with two attached hydrogens (primary N) is 1. The van der Waals surface area contributed by atoms with Crippen LogP contribution in [0.5, 0.6) is 0 Å². The Balaban J connectivity index is 1.94. The van der Waals surface area contributed by atoms with Crippen LogP contribution in [0.1, 0.15) is 26.2 Å². The van der Waals surface area contributed by atoms with E-state index in [1.54, 1.807) is 12.4 Å². The molecule has 94 valence electrons. The molecule has 1 unspecified atom stereocenters. The van der Waals surface area contributed by atoms with Crippen molar-refractivity contribution >= 4 is 11.6 Å². The summed E-state index contributed by atoms with van der Waals surface area (Å²) in [7, 11) is 0. The van der Waals surface area contributed by atoms with Gasteiger partial charge in [0.05, 0.1) is 24.2 Å². The van der Waals surface area contributed by atoms with E-state index >= 15 is 0 Å². The Labute approximate surface area is 102 Å². The highest BCUT2D eigenvalue weighted by molar-refractivity contribution is 5.38. The lowest BCUT2D eigenvalue weighted by Gasteiger charge is -2.32. The quantitative estimate of drug-likeness (QED) is 0.857. The van der Waals surface area contributed by atoms with Crippen molar-refractivity contribution in [3.8, 4) is 0 Å². The second kappa shape index (κ2) is 5.82. The fourth-order valence-electron chi connectivity index (χ4n) is 2.03. The van der Waals surface area contributed by atoms with E-state index in [4.69, 9.17) is 10.5 Å². The molecule has 0 bridgehead atoms. The molecular formula is C12H20N4O. The Morgan fingerprint density at radius 3 is 2.94 bits per heavy atom. The van der Waals surface area contributed by atoms with Gasteiger partial charge in [-0.25, -0.2) is 9.97 Å². The number of nitrogens with zero attached hydrogens (tertiary/aromatic N) is 3. The van der Waals surface area contributed by atoms with Gasteiger partial charge in [-0.05, 0) is 19.3 Å². The number of piperidine rings is 1. The van der Waals surface area contributed by atoms with Gasteiger partial charge in [-0.1, -0.05) is 6.92 Å². The van der Waals surface area contributed by atoms with Gasteiger partial charge in [-0.2, -0.15) is 0 Å². The summed E-state index contributed by atoms with van der Waals surface area (Å²) in [6.45, 7) is 4.84. The molecule has 0 aliphatic carbocycles. The molecule has 0 spiro atoms. The van der Waals surface area contributed by atoms with E-state index in [0.717, 1.165) is 44.9 Å². The number of aromatic nitrogens is 2. The van der Waals surface area contributed by atoms with Crippen LogP contribution in [0.2, 0.25) is 0 Å². The van der Waals surface area contributed by atoms with Crippen molar-refractivity contribution in [3.05, 3.63) is 12.4 Å². The summed E-state index contributed by atoms with van der Waals surface area (Å²) in [5, 5.41) is 0. The Bertz CT molecular complexity index is 341.